The smallest absolute Gasteiger partial charge is 0.314 e. The fourth-order valence-corrected chi connectivity index (χ4v) is 2.92. The maximum Gasteiger partial charge on any atom is 0.314 e. The van der Waals surface area contributed by atoms with Gasteiger partial charge in [0.15, 0.2) is 5.82 Å². The molecule has 1 atom stereocenters. The first-order chi connectivity index (χ1) is 10.2. The van der Waals surface area contributed by atoms with Gasteiger partial charge < -0.3 is 4.74 Å². The summed E-state index contributed by atoms with van der Waals surface area (Å²) in [6, 6.07) is 9.56. The first-order valence-electron chi connectivity index (χ1n) is 7.48. The van der Waals surface area contributed by atoms with Crippen LogP contribution in [0.2, 0.25) is 0 Å². The molecule has 1 unspecified atom stereocenters. The van der Waals surface area contributed by atoms with Crippen molar-refractivity contribution in [1.82, 2.24) is 19.7 Å². The highest BCUT2D eigenvalue weighted by Crippen LogP contribution is 2.26. The van der Waals surface area contributed by atoms with Crippen LogP contribution in [0, 0.1) is 0 Å². The maximum absolute atomic E-state index is 5.16. The molecule has 1 saturated heterocycles. The monoisotopic (exact) mass is 286 g/mol. The third-order valence-electron chi connectivity index (χ3n) is 4.25. The highest BCUT2D eigenvalue weighted by Gasteiger charge is 2.19. The summed E-state index contributed by atoms with van der Waals surface area (Å²) in [5.74, 6) is 0.703. The Bertz CT molecular complexity index is 599. The lowest BCUT2D eigenvalue weighted by atomic mass is 10.0. The molecule has 0 amide bonds. The molecule has 1 aromatic carbocycles. The molecule has 5 nitrogen and oxygen atoms in total. The van der Waals surface area contributed by atoms with Gasteiger partial charge >= 0.3 is 6.01 Å². The van der Waals surface area contributed by atoms with Crippen LogP contribution in [-0.4, -0.2) is 39.9 Å². The molecule has 0 saturated carbocycles. The molecule has 0 bridgehead atoms. The molecular formula is C16H22N4O. The number of ether oxygens (including phenoxy) is 1. The molecule has 0 aliphatic carbocycles. The zero-order valence-corrected chi connectivity index (χ0v) is 12.9. The largest absolute Gasteiger partial charge is 0.467 e. The lowest BCUT2D eigenvalue weighted by molar-refractivity contribution is 0.263. The summed E-state index contributed by atoms with van der Waals surface area (Å²) in [5, 5.41) is 4.37. The van der Waals surface area contributed by atoms with Crippen molar-refractivity contribution in [2.45, 2.75) is 25.8 Å². The second kappa shape index (κ2) is 5.85. The van der Waals surface area contributed by atoms with Gasteiger partial charge in [-0.1, -0.05) is 24.3 Å². The zero-order chi connectivity index (χ0) is 14.8. The van der Waals surface area contributed by atoms with E-state index in [0.717, 1.165) is 5.56 Å². The van der Waals surface area contributed by atoms with Gasteiger partial charge in [-0.2, -0.15) is 4.98 Å². The van der Waals surface area contributed by atoms with Crippen LogP contribution in [0.1, 0.15) is 31.4 Å². The second-order valence-corrected chi connectivity index (χ2v) is 5.59. The molecule has 112 valence electrons. The average Bonchev–Trinajstić information content (AvgIpc) is 3.16. The van der Waals surface area contributed by atoms with Crippen molar-refractivity contribution in [3.05, 3.63) is 29.8 Å². The summed E-state index contributed by atoms with van der Waals surface area (Å²) >= 11 is 0. The van der Waals surface area contributed by atoms with Gasteiger partial charge in [0.25, 0.3) is 0 Å². The standard InChI is InChI=1S/C16H22N4O/c1-12(20-10-4-5-11-20)13-6-8-14(9-7-13)15-17-16(21-3)19(2)18-15/h6-9,12H,4-5,10-11H2,1-3H3. The topological polar surface area (TPSA) is 43.2 Å². The number of hydrogen-bond acceptors (Lipinski definition) is 4. The molecule has 0 spiro atoms. The molecule has 0 N–H and O–H groups in total. The lowest BCUT2D eigenvalue weighted by Gasteiger charge is -2.24. The first-order valence-corrected chi connectivity index (χ1v) is 7.48. The van der Waals surface area contributed by atoms with Crippen molar-refractivity contribution >= 4 is 0 Å². The van der Waals surface area contributed by atoms with Crippen LogP contribution < -0.4 is 4.74 Å². The van der Waals surface area contributed by atoms with E-state index in [1.807, 2.05) is 7.05 Å². The van der Waals surface area contributed by atoms with E-state index in [-0.39, 0.29) is 0 Å². The Labute approximate surface area is 125 Å². The van der Waals surface area contributed by atoms with Gasteiger partial charge in [0.2, 0.25) is 0 Å². The van der Waals surface area contributed by atoms with Crippen LogP contribution in [0.4, 0.5) is 0 Å². The number of likely N-dealkylation sites (tertiary alicyclic amines) is 1. The third-order valence-corrected chi connectivity index (χ3v) is 4.25. The quantitative estimate of drug-likeness (QED) is 0.866. The van der Waals surface area contributed by atoms with Crippen LogP contribution in [-0.2, 0) is 7.05 Å². The van der Waals surface area contributed by atoms with Gasteiger partial charge in [0.05, 0.1) is 7.11 Å². The molecule has 0 radical (unpaired) electrons. The number of rotatable bonds is 4. The van der Waals surface area contributed by atoms with Crippen LogP contribution in [0.3, 0.4) is 0 Å². The number of methoxy groups -OCH3 is 1. The summed E-state index contributed by atoms with van der Waals surface area (Å²) < 4.78 is 6.81. The SMILES string of the molecule is COc1nc(-c2ccc(C(C)N3CCCC3)cc2)nn1C. The summed E-state index contributed by atoms with van der Waals surface area (Å²) in [5.41, 5.74) is 2.37. The highest BCUT2D eigenvalue weighted by molar-refractivity contribution is 5.55. The van der Waals surface area contributed by atoms with E-state index in [4.69, 9.17) is 4.74 Å². The minimum Gasteiger partial charge on any atom is -0.467 e. The van der Waals surface area contributed by atoms with Crippen molar-refractivity contribution in [2.75, 3.05) is 20.2 Å². The normalized spacial score (nSPS) is 17.1. The van der Waals surface area contributed by atoms with Crippen LogP contribution in [0.15, 0.2) is 24.3 Å². The first kappa shape index (κ1) is 14.1. The van der Waals surface area contributed by atoms with E-state index < -0.39 is 0 Å². The molecule has 5 heteroatoms. The Morgan fingerprint density at radius 1 is 1.14 bits per heavy atom. The van der Waals surface area contributed by atoms with Crippen LogP contribution >= 0.6 is 0 Å². The van der Waals surface area contributed by atoms with E-state index >= 15 is 0 Å². The summed E-state index contributed by atoms with van der Waals surface area (Å²) in [6.45, 7) is 4.70. The number of aromatic nitrogens is 3. The van der Waals surface area contributed by atoms with E-state index in [1.165, 1.54) is 31.5 Å². The Morgan fingerprint density at radius 2 is 1.81 bits per heavy atom. The zero-order valence-electron chi connectivity index (χ0n) is 12.9. The Hall–Kier alpha value is -1.88. The third kappa shape index (κ3) is 2.78. The Kier molecular flexibility index (Phi) is 3.92. The van der Waals surface area contributed by atoms with Crippen LogP contribution in [0.5, 0.6) is 6.01 Å². The fraction of sp³-hybridized carbons (Fsp3) is 0.500. The van der Waals surface area contributed by atoms with Gasteiger partial charge in [-0.05, 0) is 38.4 Å². The van der Waals surface area contributed by atoms with Gasteiger partial charge in [-0.15, -0.1) is 5.10 Å². The van der Waals surface area contributed by atoms with Gasteiger partial charge in [0.1, 0.15) is 0 Å². The minimum absolute atomic E-state index is 0.479. The van der Waals surface area contributed by atoms with E-state index in [1.54, 1.807) is 11.8 Å². The molecule has 21 heavy (non-hydrogen) atoms. The molecule has 1 aliphatic rings. The van der Waals surface area contributed by atoms with Crippen molar-refractivity contribution in [2.24, 2.45) is 7.05 Å². The molecule has 2 aromatic rings. The van der Waals surface area contributed by atoms with Crippen molar-refractivity contribution < 1.29 is 4.74 Å². The number of nitrogens with zero attached hydrogens (tertiary/aromatic N) is 4. The predicted octanol–water partition coefficient (Wildman–Crippen LogP) is 2.65. The van der Waals surface area contributed by atoms with Gasteiger partial charge in [-0.25, -0.2) is 4.68 Å². The Morgan fingerprint density at radius 3 is 2.38 bits per heavy atom. The van der Waals surface area contributed by atoms with E-state index in [0.29, 0.717) is 17.9 Å². The maximum atomic E-state index is 5.16. The van der Waals surface area contributed by atoms with Gasteiger partial charge in [-0.3, -0.25) is 4.90 Å². The molecular weight excluding hydrogens is 264 g/mol. The van der Waals surface area contributed by atoms with Crippen molar-refractivity contribution in [1.29, 1.82) is 0 Å². The average molecular weight is 286 g/mol. The van der Waals surface area contributed by atoms with Crippen molar-refractivity contribution in [3.8, 4) is 17.4 Å². The Balaban J connectivity index is 1.79. The number of hydrogen-bond donors (Lipinski definition) is 0. The highest BCUT2D eigenvalue weighted by atomic mass is 16.5. The van der Waals surface area contributed by atoms with E-state index in [2.05, 4.69) is 46.2 Å². The second-order valence-electron chi connectivity index (χ2n) is 5.59. The van der Waals surface area contributed by atoms with E-state index in [9.17, 15) is 0 Å². The lowest BCUT2D eigenvalue weighted by Crippen LogP contribution is -2.23. The molecule has 2 heterocycles. The molecule has 1 aliphatic heterocycles. The molecule has 3 rings (SSSR count). The minimum atomic E-state index is 0.479. The summed E-state index contributed by atoms with van der Waals surface area (Å²) in [7, 11) is 3.44. The van der Waals surface area contributed by atoms with Gasteiger partial charge in [0, 0.05) is 18.7 Å². The van der Waals surface area contributed by atoms with Crippen LogP contribution in [0.25, 0.3) is 11.4 Å². The number of aryl methyl sites for hydroxylation is 1. The molecule has 1 aromatic heterocycles. The summed E-state index contributed by atoms with van der Waals surface area (Å²) in [6.07, 6.45) is 2.64. The number of benzene rings is 1. The summed E-state index contributed by atoms with van der Waals surface area (Å²) in [4.78, 5) is 6.91. The van der Waals surface area contributed by atoms with Crippen molar-refractivity contribution in [3.63, 3.8) is 0 Å². The molecule has 1 fully saturated rings. The predicted molar refractivity (Wildman–Crippen MR) is 82.2 cm³/mol. The fourth-order valence-electron chi connectivity index (χ4n) is 2.92.